The van der Waals surface area contributed by atoms with Gasteiger partial charge in [-0.2, -0.15) is 0 Å². The normalized spacial score (nSPS) is 10.8. The number of rotatable bonds is 5. The Bertz CT molecular complexity index is 848. The first-order valence-corrected chi connectivity index (χ1v) is 7.91. The molecular formula is C17H16ClFN4O. The number of aromatic nitrogens is 3. The molecule has 3 aromatic rings. The van der Waals surface area contributed by atoms with Gasteiger partial charge in [-0.25, -0.2) is 19.3 Å². The third-order valence-electron chi connectivity index (χ3n) is 3.55. The number of hydrogen-bond donors (Lipinski definition) is 1. The van der Waals surface area contributed by atoms with Crippen LogP contribution in [0.4, 0.5) is 10.2 Å². The van der Waals surface area contributed by atoms with Crippen LogP contribution >= 0.6 is 11.6 Å². The molecule has 124 valence electrons. The molecule has 0 amide bonds. The third-order valence-corrected chi connectivity index (χ3v) is 3.80. The number of nitrogens with one attached hydrogen (secondary N) is 1. The van der Waals surface area contributed by atoms with Crippen LogP contribution in [0.3, 0.4) is 0 Å². The van der Waals surface area contributed by atoms with Crippen LogP contribution in [-0.4, -0.2) is 15.0 Å². The Balaban J connectivity index is 1.78. The number of halogens is 2. The number of oxazole rings is 1. The van der Waals surface area contributed by atoms with Crippen molar-refractivity contribution in [3.63, 3.8) is 0 Å². The lowest BCUT2D eigenvalue weighted by Crippen LogP contribution is -2.07. The zero-order chi connectivity index (χ0) is 17.1. The second kappa shape index (κ2) is 6.97. The Morgan fingerprint density at radius 2 is 1.96 bits per heavy atom. The van der Waals surface area contributed by atoms with E-state index in [0.29, 0.717) is 28.8 Å². The summed E-state index contributed by atoms with van der Waals surface area (Å²) in [5, 5.41) is 3.56. The molecule has 1 N–H and O–H groups in total. The summed E-state index contributed by atoms with van der Waals surface area (Å²) in [4.78, 5) is 12.2. The Labute approximate surface area is 143 Å². The molecule has 0 saturated heterocycles. The minimum atomic E-state index is -0.443. The van der Waals surface area contributed by atoms with Gasteiger partial charge in [-0.15, -0.1) is 0 Å². The highest BCUT2D eigenvalue weighted by Gasteiger charge is 2.14. The summed E-state index contributed by atoms with van der Waals surface area (Å²) in [6, 6.07) is 7.31. The van der Waals surface area contributed by atoms with Crippen molar-refractivity contribution >= 4 is 17.4 Å². The summed E-state index contributed by atoms with van der Waals surface area (Å²) in [6.45, 7) is 3.92. The van der Waals surface area contributed by atoms with Crippen molar-refractivity contribution < 1.29 is 8.81 Å². The molecule has 0 spiro atoms. The minimum absolute atomic E-state index is 0.144. The molecule has 24 heavy (non-hydrogen) atoms. The summed E-state index contributed by atoms with van der Waals surface area (Å²) < 4.78 is 19.9. The molecule has 0 unspecified atom stereocenters. The maximum absolute atomic E-state index is 14.1. The van der Waals surface area contributed by atoms with Crippen LogP contribution in [0, 0.1) is 12.7 Å². The fourth-order valence-corrected chi connectivity index (χ4v) is 2.46. The molecule has 0 atom stereocenters. The van der Waals surface area contributed by atoms with Crippen molar-refractivity contribution in [1.82, 2.24) is 15.0 Å². The molecule has 1 aromatic carbocycles. The quantitative estimate of drug-likeness (QED) is 0.741. The summed E-state index contributed by atoms with van der Waals surface area (Å²) in [5.74, 6) is 0.821. The van der Waals surface area contributed by atoms with Gasteiger partial charge < -0.3 is 9.73 Å². The number of benzene rings is 1. The van der Waals surface area contributed by atoms with Gasteiger partial charge in [0.25, 0.3) is 0 Å². The lowest BCUT2D eigenvalue weighted by Gasteiger charge is -2.06. The molecular weight excluding hydrogens is 331 g/mol. The van der Waals surface area contributed by atoms with E-state index in [0.717, 1.165) is 11.3 Å². The summed E-state index contributed by atoms with van der Waals surface area (Å²) in [5.41, 5.74) is 2.02. The van der Waals surface area contributed by atoms with Crippen molar-refractivity contribution in [1.29, 1.82) is 0 Å². The van der Waals surface area contributed by atoms with E-state index in [4.69, 9.17) is 16.0 Å². The first kappa shape index (κ1) is 16.4. The predicted molar refractivity (Wildman–Crippen MR) is 90.4 cm³/mol. The van der Waals surface area contributed by atoms with Gasteiger partial charge in [0, 0.05) is 10.6 Å². The smallest absolute Gasteiger partial charge is 0.214 e. The lowest BCUT2D eigenvalue weighted by molar-refractivity contribution is 0.514. The fourth-order valence-electron chi connectivity index (χ4n) is 2.33. The first-order chi connectivity index (χ1) is 11.6. The van der Waals surface area contributed by atoms with E-state index in [1.807, 2.05) is 26.0 Å². The summed E-state index contributed by atoms with van der Waals surface area (Å²) in [7, 11) is 0. The molecule has 0 aliphatic carbocycles. The van der Waals surface area contributed by atoms with Gasteiger partial charge in [0.15, 0.2) is 17.4 Å². The van der Waals surface area contributed by atoms with Crippen molar-refractivity contribution in [2.75, 3.05) is 5.32 Å². The Kier molecular flexibility index (Phi) is 4.76. The van der Waals surface area contributed by atoms with Gasteiger partial charge in [0.2, 0.25) is 5.89 Å². The monoisotopic (exact) mass is 346 g/mol. The van der Waals surface area contributed by atoms with E-state index < -0.39 is 5.82 Å². The van der Waals surface area contributed by atoms with Crippen molar-refractivity contribution in [3.8, 4) is 11.3 Å². The van der Waals surface area contributed by atoms with Crippen LogP contribution in [0.5, 0.6) is 0 Å². The second-order valence-electron chi connectivity index (χ2n) is 5.22. The maximum atomic E-state index is 14.1. The zero-order valence-electron chi connectivity index (χ0n) is 13.3. The molecule has 0 aliphatic rings. The molecule has 2 aromatic heterocycles. The highest BCUT2D eigenvalue weighted by atomic mass is 35.5. The topological polar surface area (TPSA) is 63.8 Å². The number of hydrogen-bond acceptors (Lipinski definition) is 5. The largest absolute Gasteiger partial charge is 0.438 e. The molecule has 0 fully saturated rings. The molecule has 0 aliphatic heterocycles. The van der Waals surface area contributed by atoms with Crippen LogP contribution in [0.15, 0.2) is 35.0 Å². The van der Waals surface area contributed by atoms with Gasteiger partial charge in [-0.3, -0.25) is 0 Å². The number of anilines is 1. The lowest BCUT2D eigenvalue weighted by atomic mass is 10.1. The first-order valence-electron chi connectivity index (χ1n) is 7.54. The molecule has 0 radical (unpaired) electrons. The van der Waals surface area contributed by atoms with Crippen molar-refractivity contribution in [3.05, 3.63) is 58.7 Å². The standard InChI is InChI=1S/C17H16ClFN4O/c1-3-13-15(19)17(22-9-21-13)20-8-14-23-10(2)16(24-14)11-4-6-12(18)7-5-11/h4-7,9H,3,8H2,1-2H3,(H,20,21,22). The van der Waals surface area contributed by atoms with Gasteiger partial charge in [0.05, 0.1) is 17.9 Å². The summed E-state index contributed by atoms with van der Waals surface area (Å²) in [6.07, 6.45) is 1.84. The molecule has 0 saturated carbocycles. The maximum Gasteiger partial charge on any atom is 0.214 e. The highest BCUT2D eigenvalue weighted by Crippen LogP contribution is 2.26. The van der Waals surface area contributed by atoms with Crippen molar-refractivity contribution in [2.24, 2.45) is 0 Å². The van der Waals surface area contributed by atoms with Crippen LogP contribution in [0.25, 0.3) is 11.3 Å². The predicted octanol–water partition coefficient (Wildman–Crippen LogP) is 4.41. The Morgan fingerprint density at radius 3 is 2.67 bits per heavy atom. The van der Waals surface area contributed by atoms with Gasteiger partial charge in [-0.1, -0.05) is 18.5 Å². The van der Waals surface area contributed by atoms with Gasteiger partial charge in [0.1, 0.15) is 6.33 Å². The molecule has 2 heterocycles. The minimum Gasteiger partial charge on any atom is -0.438 e. The van der Waals surface area contributed by atoms with Crippen LogP contribution in [0.1, 0.15) is 24.2 Å². The van der Waals surface area contributed by atoms with Gasteiger partial charge >= 0.3 is 0 Å². The van der Waals surface area contributed by atoms with E-state index in [9.17, 15) is 4.39 Å². The van der Waals surface area contributed by atoms with E-state index in [1.165, 1.54) is 6.33 Å². The summed E-state index contributed by atoms with van der Waals surface area (Å²) >= 11 is 5.90. The molecule has 5 nitrogen and oxygen atoms in total. The van der Waals surface area contributed by atoms with E-state index >= 15 is 0 Å². The third kappa shape index (κ3) is 3.38. The average molecular weight is 347 g/mol. The average Bonchev–Trinajstić information content (AvgIpc) is 2.95. The van der Waals surface area contributed by atoms with Crippen molar-refractivity contribution in [2.45, 2.75) is 26.8 Å². The Morgan fingerprint density at radius 1 is 1.21 bits per heavy atom. The molecule has 7 heteroatoms. The molecule has 3 rings (SSSR count). The second-order valence-corrected chi connectivity index (χ2v) is 5.66. The van der Waals surface area contributed by atoms with E-state index in [1.54, 1.807) is 12.1 Å². The molecule has 0 bridgehead atoms. The fraction of sp³-hybridized carbons (Fsp3) is 0.235. The Hall–Kier alpha value is -2.47. The number of aryl methyl sites for hydroxylation is 2. The van der Waals surface area contributed by atoms with Gasteiger partial charge in [-0.05, 0) is 37.6 Å². The van der Waals surface area contributed by atoms with Crippen LogP contribution in [0.2, 0.25) is 5.02 Å². The van der Waals surface area contributed by atoms with E-state index in [2.05, 4.69) is 20.3 Å². The van der Waals surface area contributed by atoms with Crippen LogP contribution in [-0.2, 0) is 13.0 Å². The van der Waals surface area contributed by atoms with Crippen LogP contribution < -0.4 is 5.32 Å². The SMILES string of the molecule is CCc1ncnc(NCc2nc(C)c(-c3ccc(Cl)cc3)o2)c1F. The van der Waals surface area contributed by atoms with E-state index in [-0.39, 0.29) is 12.4 Å². The highest BCUT2D eigenvalue weighted by molar-refractivity contribution is 6.30. The number of nitrogens with zero attached hydrogens (tertiary/aromatic N) is 3. The zero-order valence-corrected chi connectivity index (χ0v) is 14.1.